The molecule has 4 rings (SSSR count). The minimum absolute atomic E-state index is 0.00880. The molecule has 0 radical (unpaired) electrons. The third-order valence-electron chi connectivity index (χ3n) is 4.34. The topological polar surface area (TPSA) is 30.2 Å². The first-order chi connectivity index (χ1) is 12.8. The van der Waals surface area contributed by atoms with E-state index in [-0.39, 0.29) is 5.43 Å². The summed E-state index contributed by atoms with van der Waals surface area (Å²) in [5, 5.41) is 0.660. The van der Waals surface area contributed by atoms with Crippen LogP contribution in [0.1, 0.15) is 22.5 Å². The van der Waals surface area contributed by atoms with Gasteiger partial charge in [-0.2, -0.15) is 0 Å². The Morgan fingerprint density at radius 1 is 0.769 bits per heavy atom. The highest BCUT2D eigenvalue weighted by molar-refractivity contribution is 5.82. The second-order valence-corrected chi connectivity index (χ2v) is 6.21. The molecule has 3 aromatic carbocycles. The third-order valence-corrected chi connectivity index (χ3v) is 4.34. The molecule has 0 N–H and O–H groups in total. The molecule has 0 aliphatic carbocycles. The van der Waals surface area contributed by atoms with Gasteiger partial charge in [-0.25, -0.2) is 0 Å². The van der Waals surface area contributed by atoms with E-state index in [0.717, 1.165) is 11.1 Å². The average molecular weight is 338 g/mol. The fourth-order valence-electron chi connectivity index (χ4n) is 3.09. The van der Waals surface area contributed by atoms with Gasteiger partial charge in [0.1, 0.15) is 11.3 Å². The Balaban J connectivity index is 1.72. The summed E-state index contributed by atoms with van der Waals surface area (Å²) in [6.45, 7) is 0. The zero-order valence-corrected chi connectivity index (χ0v) is 14.3. The van der Waals surface area contributed by atoms with Crippen LogP contribution in [0.15, 0.2) is 94.1 Å². The Hall–Kier alpha value is -3.39. The lowest BCUT2D eigenvalue weighted by molar-refractivity contribution is 0.591. The van der Waals surface area contributed by atoms with Crippen LogP contribution >= 0.6 is 0 Å². The molecule has 0 amide bonds. The zero-order chi connectivity index (χ0) is 17.8. The molecule has 4 aromatic rings. The van der Waals surface area contributed by atoms with Crippen molar-refractivity contribution in [2.75, 3.05) is 0 Å². The van der Waals surface area contributed by atoms with Crippen LogP contribution < -0.4 is 5.43 Å². The van der Waals surface area contributed by atoms with Crippen LogP contribution in [0.3, 0.4) is 0 Å². The number of benzene rings is 3. The van der Waals surface area contributed by atoms with Crippen molar-refractivity contribution in [2.24, 2.45) is 0 Å². The number of hydrogen-bond acceptors (Lipinski definition) is 2. The van der Waals surface area contributed by atoms with Crippen molar-refractivity contribution in [1.82, 2.24) is 0 Å². The minimum atomic E-state index is -0.00880. The number of rotatable bonds is 4. The molecular weight excluding hydrogens is 320 g/mol. The summed E-state index contributed by atoms with van der Waals surface area (Å²) in [6.07, 6.45) is 4.49. The molecule has 0 aliphatic rings. The Kier molecular flexibility index (Phi) is 4.48. The normalized spacial score (nSPS) is 11.2. The van der Waals surface area contributed by atoms with Crippen molar-refractivity contribution in [3.8, 4) is 0 Å². The summed E-state index contributed by atoms with van der Waals surface area (Å²) < 4.78 is 5.96. The van der Waals surface area contributed by atoms with Crippen molar-refractivity contribution < 1.29 is 4.42 Å². The summed E-state index contributed by atoms with van der Waals surface area (Å²) in [6, 6.07) is 27.4. The van der Waals surface area contributed by atoms with Crippen LogP contribution in [0.4, 0.5) is 0 Å². The molecule has 0 atom stereocenters. The van der Waals surface area contributed by atoms with E-state index in [1.54, 1.807) is 6.07 Å². The molecule has 0 bridgehead atoms. The quantitative estimate of drug-likeness (QED) is 0.488. The van der Waals surface area contributed by atoms with Gasteiger partial charge in [0.2, 0.25) is 0 Å². The maximum Gasteiger partial charge on any atom is 0.193 e. The molecule has 0 saturated heterocycles. The average Bonchev–Trinajstić information content (AvgIpc) is 2.68. The van der Waals surface area contributed by atoms with Crippen molar-refractivity contribution >= 4 is 23.1 Å². The molecule has 0 unspecified atom stereocenters. The molecule has 1 heterocycles. The van der Waals surface area contributed by atoms with E-state index in [1.807, 2.05) is 78.9 Å². The van der Waals surface area contributed by atoms with Crippen LogP contribution in [0, 0.1) is 0 Å². The van der Waals surface area contributed by atoms with E-state index < -0.39 is 0 Å². The molecule has 0 fully saturated rings. The van der Waals surface area contributed by atoms with E-state index in [4.69, 9.17) is 4.42 Å². The summed E-state index contributed by atoms with van der Waals surface area (Å²) in [5.41, 5.74) is 3.84. The van der Waals surface area contributed by atoms with Crippen LogP contribution in [0.2, 0.25) is 0 Å². The van der Waals surface area contributed by atoms with Gasteiger partial charge in [0, 0.05) is 6.07 Å². The van der Waals surface area contributed by atoms with Gasteiger partial charge >= 0.3 is 0 Å². The predicted molar refractivity (Wildman–Crippen MR) is 107 cm³/mol. The summed E-state index contributed by atoms with van der Waals surface area (Å²) in [7, 11) is 0. The molecular formula is C24H18O2. The first-order valence-corrected chi connectivity index (χ1v) is 8.62. The molecule has 2 heteroatoms. The van der Waals surface area contributed by atoms with E-state index in [9.17, 15) is 4.79 Å². The molecule has 26 heavy (non-hydrogen) atoms. The maximum absolute atomic E-state index is 12.7. The van der Waals surface area contributed by atoms with Gasteiger partial charge in [0.15, 0.2) is 5.43 Å². The lowest BCUT2D eigenvalue weighted by Gasteiger charge is -2.06. The Bertz CT molecular complexity index is 1110. The molecule has 2 nitrogen and oxygen atoms in total. The molecule has 126 valence electrons. The third kappa shape index (κ3) is 3.50. The highest BCUT2D eigenvalue weighted by atomic mass is 16.3. The van der Waals surface area contributed by atoms with E-state index in [2.05, 4.69) is 12.1 Å². The molecule has 0 saturated carbocycles. The summed E-state index contributed by atoms with van der Waals surface area (Å²) >= 11 is 0. The van der Waals surface area contributed by atoms with Gasteiger partial charge in [-0.1, -0.05) is 78.9 Å². The lowest BCUT2D eigenvalue weighted by Crippen LogP contribution is -2.04. The van der Waals surface area contributed by atoms with Gasteiger partial charge in [0.25, 0.3) is 0 Å². The van der Waals surface area contributed by atoms with Crippen molar-refractivity contribution in [2.45, 2.75) is 6.42 Å². The second kappa shape index (κ2) is 7.24. The monoisotopic (exact) mass is 338 g/mol. The predicted octanol–water partition coefficient (Wildman–Crippen LogP) is 5.55. The fraction of sp³-hybridized carbons (Fsp3) is 0.0417. The molecule has 1 aromatic heterocycles. The van der Waals surface area contributed by atoms with E-state index >= 15 is 0 Å². The number of hydrogen-bond donors (Lipinski definition) is 0. The highest BCUT2D eigenvalue weighted by Crippen LogP contribution is 2.20. The standard InChI is InChI=1S/C24H18O2/c25-22-17-21(15-14-18-8-3-1-4-9-18)26-23-13-7-12-20(24(22)23)16-19-10-5-2-6-11-19/h1-15,17H,16H2/b15-14+. The van der Waals surface area contributed by atoms with Gasteiger partial charge < -0.3 is 4.42 Å². The van der Waals surface area contributed by atoms with Crippen molar-refractivity contribution in [3.63, 3.8) is 0 Å². The Morgan fingerprint density at radius 2 is 1.50 bits per heavy atom. The Morgan fingerprint density at radius 3 is 2.27 bits per heavy atom. The molecule has 0 aliphatic heterocycles. The first-order valence-electron chi connectivity index (χ1n) is 8.62. The largest absolute Gasteiger partial charge is 0.456 e. The van der Waals surface area contributed by atoms with Gasteiger partial charge in [-0.3, -0.25) is 4.79 Å². The van der Waals surface area contributed by atoms with Gasteiger partial charge in [0.05, 0.1) is 5.39 Å². The zero-order valence-electron chi connectivity index (χ0n) is 14.3. The van der Waals surface area contributed by atoms with Crippen LogP contribution in [-0.2, 0) is 6.42 Å². The maximum atomic E-state index is 12.7. The Labute approximate surface area is 152 Å². The number of fused-ring (bicyclic) bond motifs is 1. The lowest BCUT2D eigenvalue weighted by atomic mass is 10.0. The first kappa shape index (κ1) is 16.1. The fourth-order valence-corrected chi connectivity index (χ4v) is 3.09. The van der Waals surface area contributed by atoms with Crippen LogP contribution in [0.5, 0.6) is 0 Å². The minimum Gasteiger partial charge on any atom is -0.456 e. The van der Waals surface area contributed by atoms with Gasteiger partial charge in [-0.05, 0) is 35.3 Å². The summed E-state index contributed by atoms with van der Waals surface area (Å²) in [5.74, 6) is 0.559. The highest BCUT2D eigenvalue weighted by Gasteiger charge is 2.09. The summed E-state index contributed by atoms with van der Waals surface area (Å²) in [4.78, 5) is 12.7. The van der Waals surface area contributed by atoms with Gasteiger partial charge in [-0.15, -0.1) is 0 Å². The van der Waals surface area contributed by atoms with Crippen molar-refractivity contribution in [1.29, 1.82) is 0 Å². The van der Waals surface area contributed by atoms with E-state index in [1.165, 1.54) is 5.56 Å². The van der Waals surface area contributed by atoms with E-state index in [0.29, 0.717) is 23.2 Å². The van der Waals surface area contributed by atoms with Crippen LogP contribution in [0.25, 0.3) is 23.1 Å². The van der Waals surface area contributed by atoms with Crippen molar-refractivity contribution in [3.05, 3.63) is 118 Å². The molecule has 0 spiro atoms. The smallest absolute Gasteiger partial charge is 0.193 e. The second-order valence-electron chi connectivity index (χ2n) is 6.21. The van der Waals surface area contributed by atoms with Crippen LogP contribution in [-0.4, -0.2) is 0 Å². The SMILES string of the molecule is O=c1cc(/C=C/c2ccccc2)oc2cccc(Cc3ccccc3)c12.